The third-order valence-electron chi connectivity index (χ3n) is 4.64. The summed E-state index contributed by atoms with van der Waals surface area (Å²) in [5.41, 5.74) is 1.75. The van der Waals surface area contributed by atoms with Crippen LogP contribution in [0.4, 0.5) is 0 Å². The molecule has 0 saturated heterocycles. The lowest BCUT2D eigenvalue weighted by atomic mass is 10.1. The first kappa shape index (κ1) is 23.2. The second-order valence-electron chi connectivity index (χ2n) is 6.88. The van der Waals surface area contributed by atoms with Crippen LogP contribution in [0.25, 0.3) is 0 Å². The van der Waals surface area contributed by atoms with Crippen molar-refractivity contribution >= 4 is 15.9 Å². The number of hydrogen-bond donors (Lipinski definition) is 2. The van der Waals surface area contributed by atoms with Gasteiger partial charge in [-0.25, -0.2) is 18.1 Å². The summed E-state index contributed by atoms with van der Waals surface area (Å²) in [6.07, 6.45) is 1.59. The second-order valence-corrected chi connectivity index (χ2v) is 8.76. The number of pyridine rings is 1. The standard InChI is InChI=1S/C23H25N3O5S/c1-4-30-18-6-8-19(9-7-18)31-22-13-17(11-12-25-22)15-26-23(27)21-14-20(10-5-16(21)2)32(28,29)24-3/h5-14,24H,4,15H2,1-3H3,(H,26,27). The monoisotopic (exact) mass is 455 g/mol. The van der Waals surface area contributed by atoms with E-state index in [1.807, 2.05) is 19.1 Å². The molecule has 0 bridgehead atoms. The molecule has 3 aromatic rings. The van der Waals surface area contributed by atoms with Crippen molar-refractivity contribution in [3.63, 3.8) is 0 Å². The summed E-state index contributed by atoms with van der Waals surface area (Å²) in [5, 5.41) is 2.81. The van der Waals surface area contributed by atoms with Gasteiger partial charge in [-0.1, -0.05) is 6.07 Å². The molecule has 1 amide bonds. The van der Waals surface area contributed by atoms with Crippen LogP contribution >= 0.6 is 0 Å². The Bertz CT molecular complexity index is 1190. The van der Waals surface area contributed by atoms with E-state index in [4.69, 9.17) is 9.47 Å². The van der Waals surface area contributed by atoms with Gasteiger partial charge < -0.3 is 14.8 Å². The Morgan fingerprint density at radius 3 is 2.44 bits per heavy atom. The predicted molar refractivity (Wildman–Crippen MR) is 121 cm³/mol. The number of amides is 1. The van der Waals surface area contributed by atoms with E-state index >= 15 is 0 Å². The molecule has 168 valence electrons. The minimum atomic E-state index is -3.64. The van der Waals surface area contributed by atoms with Crippen LogP contribution in [-0.4, -0.2) is 33.0 Å². The summed E-state index contributed by atoms with van der Waals surface area (Å²) in [4.78, 5) is 16.9. The molecule has 0 aliphatic heterocycles. The van der Waals surface area contributed by atoms with E-state index in [0.717, 1.165) is 11.3 Å². The van der Waals surface area contributed by atoms with Gasteiger partial charge in [-0.05, 0) is 74.5 Å². The molecular weight excluding hydrogens is 430 g/mol. The first-order valence-corrected chi connectivity index (χ1v) is 11.5. The Balaban J connectivity index is 1.67. The lowest BCUT2D eigenvalue weighted by molar-refractivity contribution is 0.0950. The highest BCUT2D eigenvalue weighted by Crippen LogP contribution is 2.23. The molecule has 1 heterocycles. The molecule has 0 aliphatic rings. The summed E-state index contributed by atoms with van der Waals surface area (Å²) < 4.78 is 37.5. The maximum absolute atomic E-state index is 12.7. The van der Waals surface area contributed by atoms with Crippen LogP contribution in [0.3, 0.4) is 0 Å². The van der Waals surface area contributed by atoms with E-state index < -0.39 is 10.0 Å². The van der Waals surface area contributed by atoms with Crippen LogP contribution in [0.5, 0.6) is 17.4 Å². The normalized spacial score (nSPS) is 11.1. The van der Waals surface area contributed by atoms with E-state index in [2.05, 4.69) is 15.0 Å². The molecule has 0 fully saturated rings. The van der Waals surface area contributed by atoms with Gasteiger partial charge in [0.2, 0.25) is 15.9 Å². The van der Waals surface area contributed by atoms with Crippen molar-refractivity contribution in [1.29, 1.82) is 0 Å². The van der Waals surface area contributed by atoms with E-state index in [9.17, 15) is 13.2 Å². The maximum atomic E-state index is 12.7. The molecule has 3 rings (SSSR count). The number of nitrogens with zero attached hydrogens (tertiary/aromatic N) is 1. The van der Waals surface area contributed by atoms with Crippen molar-refractivity contribution in [2.75, 3.05) is 13.7 Å². The second kappa shape index (κ2) is 10.3. The molecule has 0 radical (unpaired) electrons. The Labute approximate surface area is 187 Å². The number of carbonyl (C=O) groups excluding carboxylic acids is 1. The van der Waals surface area contributed by atoms with E-state index in [-0.39, 0.29) is 17.3 Å². The molecular formula is C23H25N3O5S. The Morgan fingerprint density at radius 2 is 1.75 bits per heavy atom. The van der Waals surface area contributed by atoms with E-state index in [0.29, 0.717) is 29.4 Å². The van der Waals surface area contributed by atoms with Crippen molar-refractivity contribution in [3.05, 3.63) is 77.5 Å². The molecule has 8 nitrogen and oxygen atoms in total. The quantitative estimate of drug-likeness (QED) is 0.512. The van der Waals surface area contributed by atoms with Crippen LogP contribution < -0.4 is 19.5 Å². The molecule has 0 saturated carbocycles. The summed E-state index contributed by atoms with van der Waals surface area (Å²) in [6.45, 7) is 4.48. The van der Waals surface area contributed by atoms with Crippen LogP contribution in [-0.2, 0) is 16.6 Å². The Hall–Kier alpha value is -3.43. The van der Waals surface area contributed by atoms with Crippen molar-refractivity contribution in [3.8, 4) is 17.4 Å². The Morgan fingerprint density at radius 1 is 1.03 bits per heavy atom. The predicted octanol–water partition coefficient (Wildman–Crippen LogP) is 3.42. The zero-order valence-corrected chi connectivity index (χ0v) is 18.9. The summed E-state index contributed by atoms with van der Waals surface area (Å²) >= 11 is 0. The van der Waals surface area contributed by atoms with E-state index in [1.165, 1.54) is 19.2 Å². The highest BCUT2D eigenvalue weighted by molar-refractivity contribution is 7.89. The summed E-state index contributed by atoms with van der Waals surface area (Å²) in [7, 11) is -2.32. The zero-order chi connectivity index (χ0) is 23.1. The lowest BCUT2D eigenvalue weighted by Gasteiger charge is -2.11. The lowest BCUT2D eigenvalue weighted by Crippen LogP contribution is -2.25. The van der Waals surface area contributed by atoms with Gasteiger partial charge in [-0.15, -0.1) is 0 Å². The average molecular weight is 456 g/mol. The molecule has 0 aliphatic carbocycles. The molecule has 32 heavy (non-hydrogen) atoms. The number of benzene rings is 2. The SMILES string of the molecule is CCOc1ccc(Oc2cc(CNC(=O)c3cc(S(=O)(=O)NC)ccc3C)ccn2)cc1. The molecule has 2 N–H and O–H groups in total. The number of aryl methyl sites for hydroxylation is 1. The fourth-order valence-electron chi connectivity index (χ4n) is 2.92. The van der Waals surface area contributed by atoms with Crippen LogP contribution in [0.2, 0.25) is 0 Å². The molecule has 0 atom stereocenters. The van der Waals surface area contributed by atoms with Gasteiger partial charge in [0.15, 0.2) is 0 Å². The van der Waals surface area contributed by atoms with Gasteiger partial charge in [0.1, 0.15) is 11.5 Å². The van der Waals surface area contributed by atoms with Crippen LogP contribution in [0, 0.1) is 6.92 Å². The zero-order valence-electron chi connectivity index (χ0n) is 18.1. The van der Waals surface area contributed by atoms with Gasteiger partial charge in [0, 0.05) is 24.4 Å². The largest absolute Gasteiger partial charge is 0.494 e. The highest BCUT2D eigenvalue weighted by atomic mass is 32.2. The maximum Gasteiger partial charge on any atom is 0.251 e. The van der Waals surface area contributed by atoms with Gasteiger partial charge in [0.25, 0.3) is 5.91 Å². The molecule has 2 aromatic carbocycles. The van der Waals surface area contributed by atoms with E-state index in [1.54, 1.807) is 43.5 Å². The molecule has 0 unspecified atom stereocenters. The number of aromatic nitrogens is 1. The van der Waals surface area contributed by atoms with Gasteiger partial charge >= 0.3 is 0 Å². The van der Waals surface area contributed by atoms with Gasteiger partial charge in [-0.2, -0.15) is 0 Å². The number of ether oxygens (including phenoxy) is 2. The summed E-state index contributed by atoms with van der Waals surface area (Å²) in [5.74, 6) is 1.38. The first-order valence-electron chi connectivity index (χ1n) is 10.0. The molecule has 1 aromatic heterocycles. The summed E-state index contributed by atoms with van der Waals surface area (Å²) in [6, 6.07) is 15.1. The number of hydrogen-bond acceptors (Lipinski definition) is 6. The third-order valence-corrected chi connectivity index (χ3v) is 6.05. The van der Waals surface area contributed by atoms with Crippen molar-refractivity contribution in [2.45, 2.75) is 25.3 Å². The third kappa shape index (κ3) is 5.83. The number of nitrogens with one attached hydrogen (secondary N) is 2. The first-order chi connectivity index (χ1) is 15.3. The minimum absolute atomic E-state index is 0.0331. The van der Waals surface area contributed by atoms with Crippen LogP contribution in [0.1, 0.15) is 28.4 Å². The highest BCUT2D eigenvalue weighted by Gasteiger charge is 2.16. The minimum Gasteiger partial charge on any atom is -0.494 e. The number of rotatable bonds is 9. The number of sulfonamides is 1. The smallest absolute Gasteiger partial charge is 0.251 e. The fraction of sp³-hybridized carbons (Fsp3) is 0.217. The fourth-order valence-corrected chi connectivity index (χ4v) is 3.67. The topological polar surface area (TPSA) is 107 Å². The van der Waals surface area contributed by atoms with Crippen molar-refractivity contribution in [1.82, 2.24) is 15.0 Å². The van der Waals surface area contributed by atoms with Gasteiger partial charge in [0.05, 0.1) is 11.5 Å². The van der Waals surface area contributed by atoms with Crippen LogP contribution in [0.15, 0.2) is 65.7 Å². The molecule has 9 heteroatoms. The van der Waals surface area contributed by atoms with Gasteiger partial charge in [-0.3, -0.25) is 4.79 Å². The molecule has 0 spiro atoms. The number of carbonyl (C=O) groups is 1. The average Bonchev–Trinajstić information content (AvgIpc) is 2.79. The Kier molecular flexibility index (Phi) is 7.45. The van der Waals surface area contributed by atoms with Crippen molar-refractivity contribution in [2.24, 2.45) is 0 Å². The van der Waals surface area contributed by atoms with Crippen molar-refractivity contribution < 1.29 is 22.7 Å².